The summed E-state index contributed by atoms with van der Waals surface area (Å²) in [5, 5.41) is 15.9. The van der Waals surface area contributed by atoms with Gasteiger partial charge in [0.25, 0.3) is 0 Å². The van der Waals surface area contributed by atoms with Crippen LogP contribution in [0.5, 0.6) is 0 Å². The van der Waals surface area contributed by atoms with Crippen molar-refractivity contribution in [2.75, 3.05) is 17.2 Å². The number of nitro benzene ring substituents is 1. The number of anilines is 2. The van der Waals surface area contributed by atoms with Crippen molar-refractivity contribution in [2.24, 2.45) is 0 Å². The number of benzene rings is 2. The van der Waals surface area contributed by atoms with Crippen LogP contribution in [-0.4, -0.2) is 23.2 Å². The highest BCUT2D eigenvalue weighted by Gasteiger charge is 2.14. The van der Waals surface area contributed by atoms with Gasteiger partial charge in [0.15, 0.2) is 5.78 Å². The monoisotopic (exact) mass is 331 g/mol. The van der Waals surface area contributed by atoms with E-state index in [0.717, 1.165) is 12.1 Å². The van der Waals surface area contributed by atoms with Crippen molar-refractivity contribution in [1.82, 2.24) is 0 Å². The minimum atomic E-state index is -0.948. The molecule has 2 rings (SSSR count). The predicted octanol–water partition coefficient (Wildman–Crippen LogP) is 2.99. The molecule has 0 fully saturated rings. The third-order valence-corrected chi connectivity index (χ3v) is 3.15. The van der Waals surface area contributed by atoms with Crippen molar-refractivity contribution < 1.29 is 18.9 Å². The summed E-state index contributed by atoms with van der Waals surface area (Å²) in [7, 11) is 0. The Bertz CT molecular complexity index is 808. The number of halogens is 1. The Hall–Kier alpha value is -3.29. The Morgan fingerprint density at radius 3 is 2.58 bits per heavy atom. The molecule has 0 radical (unpaired) electrons. The normalized spacial score (nSPS) is 10.1. The average Bonchev–Trinajstić information content (AvgIpc) is 2.54. The molecule has 2 N–H and O–H groups in total. The maximum absolute atomic E-state index is 13.2. The van der Waals surface area contributed by atoms with Crippen LogP contribution in [-0.2, 0) is 4.79 Å². The number of rotatable bonds is 6. The first-order valence-electron chi connectivity index (χ1n) is 6.95. The Morgan fingerprint density at radius 1 is 1.17 bits per heavy atom. The summed E-state index contributed by atoms with van der Waals surface area (Å²) in [6.45, 7) is 1.25. The molecular formula is C16H14FN3O4. The summed E-state index contributed by atoms with van der Waals surface area (Å²) in [5.41, 5.74) is 0.500. The number of hydrogen-bond acceptors (Lipinski definition) is 5. The Kier molecular flexibility index (Phi) is 5.20. The minimum absolute atomic E-state index is 0.122. The van der Waals surface area contributed by atoms with Crippen LogP contribution in [0.2, 0.25) is 0 Å². The van der Waals surface area contributed by atoms with Gasteiger partial charge in [-0.15, -0.1) is 0 Å². The van der Waals surface area contributed by atoms with E-state index in [1.54, 1.807) is 24.3 Å². The molecule has 0 atom stereocenters. The minimum Gasteiger partial charge on any atom is -0.376 e. The summed E-state index contributed by atoms with van der Waals surface area (Å²) in [5.74, 6) is -1.48. The molecule has 0 spiro atoms. The summed E-state index contributed by atoms with van der Waals surface area (Å²) in [6, 6.07) is 9.71. The number of nitrogens with one attached hydrogen (secondary N) is 2. The van der Waals surface area contributed by atoms with E-state index in [1.165, 1.54) is 13.0 Å². The van der Waals surface area contributed by atoms with Gasteiger partial charge in [0.2, 0.25) is 11.7 Å². The number of carbonyl (C=O) groups is 2. The zero-order chi connectivity index (χ0) is 17.7. The summed E-state index contributed by atoms with van der Waals surface area (Å²) in [4.78, 5) is 33.0. The smallest absolute Gasteiger partial charge is 0.306 e. The van der Waals surface area contributed by atoms with Gasteiger partial charge in [0, 0.05) is 23.0 Å². The molecule has 0 heterocycles. The second-order valence-electron chi connectivity index (χ2n) is 4.96. The number of hydrogen-bond donors (Lipinski definition) is 2. The lowest BCUT2D eigenvalue weighted by molar-refractivity contribution is -0.387. The Balaban J connectivity index is 1.99. The lowest BCUT2D eigenvalue weighted by Crippen LogP contribution is -2.21. The van der Waals surface area contributed by atoms with Crippen molar-refractivity contribution in [3.8, 4) is 0 Å². The third-order valence-electron chi connectivity index (χ3n) is 3.15. The van der Waals surface area contributed by atoms with Gasteiger partial charge in [-0.2, -0.15) is 4.39 Å². The topological polar surface area (TPSA) is 101 Å². The highest BCUT2D eigenvalue weighted by molar-refractivity contribution is 5.98. The van der Waals surface area contributed by atoms with E-state index in [1.807, 2.05) is 0 Å². The van der Waals surface area contributed by atoms with Crippen LogP contribution >= 0.6 is 0 Å². The van der Waals surface area contributed by atoms with Crippen LogP contribution < -0.4 is 10.6 Å². The Labute approximate surface area is 136 Å². The number of ketones is 1. The summed E-state index contributed by atoms with van der Waals surface area (Å²) >= 11 is 0. The quantitative estimate of drug-likeness (QED) is 0.481. The summed E-state index contributed by atoms with van der Waals surface area (Å²) in [6.07, 6.45) is 0. The molecule has 24 heavy (non-hydrogen) atoms. The highest BCUT2D eigenvalue weighted by Crippen LogP contribution is 2.21. The van der Waals surface area contributed by atoms with Crippen molar-refractivity contribution in [1.29, 1.82) is 0 Å². The Morgan fingerprint density at radius 2 is 1.92 bits per heavy atom. The largest absolute Gasteiger partial charge is 0.376 e. The van der Waals surface area contributed by atoms with Crippen LogP contribution in [0, 0.1) is 15.9 Å². The van der Waals surface area contributed by atoms with Crippen molar-refractivity contribution >= 4 is 28.8 Å². The van der Waals surface area contributed by atoms with E-state index in [0.29, 0.717) is 11.3 Å². The van der Waals surface area contributed by atoms with Gasteiger partial charge in [-0.25, -0.2) is 0 Å². The van der Waals surface area contributed by atoms with E-state index >= 15 is 0 Å². The molecular weight excluding hydrogens is 317 g/mol. The second kappa shape index (κ2) is 7.32. The molecule has 2 aromatic carbocycles. The van der Waals surface area contributed by atoms with Crippen LogP contribution in [0.25, 0.3) is 0 Å². The molecule has 7 nitrogen and oxygen atoms in total. The number of nitrogens with zero attached hydrogens (tertiary/aromatic N) is 1. The first-order valence-corrected chi connectivity index (χ1v) is 6.95. The molecule has 0 aliphatic rings. The molecule has 0 bridgehead atoms. The first kappa shape index (κ1) is 17.1. The van der Waals surface area contributed by atoms with Crippen molar-refractivity contribution in [2.45, 2.75) is 6.92 Å². The summed E-state index contributed by atoms with van der Waals surface area (Å²) < 4.78 is 13.2. The number of Topliss-reactive ketones (excluding diaryl/α,β-unsaturated/α-hetero) is 1. The maximum atomic E-state index is 13.2. The molecule has 1 amide bonds. The predicted molar refractivity (Wildman–Crippen MR) is 86.6 cm³/mol. The zero-order valence-electron chi connectivity index (χ0n) is 12.7. The number of amides is 1. The zero-order valence-corrected chi connectivity index (χ0v) is 12.7. The molecule has 0 aromatic heterocycles. The molecule has 0 aliphatic heterocycles. The third kappa shape index (κ3) is 4.35. The fourth-order valence-corrected chi connectivity index (χ4v) is 1.97. The van der Waals surface area contributed by atoms with Gasteiger partial charge in [-0.3, -0.25) is 19.7 Å². The molecule has 2 aromatic rings. The van der Waals surface area contributed by atoms with Gasteiger partial charge < -0.3 is 10.6 Å². The molecule has 0 saturated carbocycles. The standard InChI is InChI=1S/C16H14FN3O4/c1-10(21)11-3-2-4-13(7-11)19-16(22)9-18-12-5-6-14(17)15(8-12)20(23)24/h2-8,18H,9H2,1H3,(H,19,22). The van der Waals surface area contributed by atoms with Crippen LogP contribution in [0.1, 0.15) is 17.3 Å². The van der Waals surface area contributed by atoms with Crippen LogP contribution in [0.15, 0.2) is 42.5 Å². The van der Waals surface area contributed by atoms with E-state index in [2.05, 4.69) is 10.6 Å². The van der Waals surface area contributed by atoms with E-state index in [9.17, 15) is 24.1 Å². The average molecular weight is 331 g/mol. The molecule has 0 unspecified atom stereocenters. The van der Waals surface area contributed by atoms with Gasteiger partial charge in [-0.1, -0.05) is 12.1 Å². The first-order chi connectivity index (χ1) is 11.4. The van der Waals surface area contributed by atoms with Gasteiger partial charge in [0.05, 0.1) is 11.5 Å². The molecule has 0 aliphatic carbocycles. The second-order valence-corrected chi connectivity index (χ2v) is 4.96. The fraction of sp³-hybridized carbons (Fsp3) is 0.125. The van der Waals surface area contributed by atoms with Crippen LogP contribution in [0.3, 0.4) is 0 Å². The molecule has 8 heteroatoms. The molecule has 0 saturated heterocycles. The van der Waals surface area contributed by atoms with E-state index in [-0.39, 0.29) is 18.0 Å². The highest BCUT2D eigenvalue weighted by atomic mass is 19.1. The SMILES string of the molecule is CC(=O)c1cccc(NC(=O)CNc2ccc(F)c([N+](=O)[O-])c2)c1. The van der Waals surface area contributed by atoms with Gasteiger partial charge in [0.1, 0.15) is 0 Å². The van der Waals surface area contributed by atoms with Crippen molar-refractivity contribution in [3.63, 3.8) is 0 Å². The number of carbonyl (C=O) groups excluding carboxylic acids is 2. The van der Waals surface area contributed by atoms with Gasteiger partial charge >= 0.3 is 5.69 Å². The van der Waals surface area contributed by atoms with E-state index < -0.39 is 22.3 Å². The fourth-order valence-electron chi connectivity index (χ4n) is 1.97. The lowest BCUT2D eigenvalue weighted by Gasteiger charge is -2.08. The maximum Gasteiger partial charge on any atom is 0.306 e. The van der Waals surface area contributed by atoms with Gasteiger partial charge in [-0.05, 0) is 31.2 Å². The van der Waals surface area contributed by atoms with Crippen molar-refractivity contribution in [3.05, 3.63) is 64.0 Å². The number of nitro groups is 1. The lowest BCUT2D eigenvalue weighted by atomic mass is 10.1. The van der Waals surface area contributed by atoms with Crippen LogP contribution in [0.4, 0.5) is 21.5 Å². The van der Waals surface area contributed by atoms with E-state index in [4.69, 9.17) is 0 Å². The molecule has 124 valence electrons.